The van der Waals surface area contributed by atoms with Gasteiger partial charge in [0.2, 0.25) is 0 Å². The molecule has 0 unspecified atom stereocenters. The Morgan fingerprint density at radius 1 is 1.50 bits per heavy atom. The lowest BCUT2D eigenvalue weighted by Crippen LogP contribution is -2.06. The van der Waals surface area contributed by atoms with Crippen molar-refractivity contribution in [1.29, 1.82) is 0 Å². The molecule has 20 heavy (non-hydrogen) atoms. The van der Waals surface area contributed by atoms with Crippen LogP contribution in [0, 0.1) is 6.92 Å². The molecule has 0 saturated heterocycles. The summed E-state index contributed by atoms with van der Waals surface area (Å²) in [4.78, 5) is 16.7. The molecular weight excluding hydrogens is 296 g/mol. The number of carbonyl (C=O) groups is 1. The van der Waals surface area contributed by atoms with Crippen molar-refractivity contribution in [3.05, 3.63) is 44.9 Å². The van der Waals surface area contributed by atoms with Gasteiger partial charge in [0.15, 0.2) is 4.47 Å². The van der Waals surface area contributed by atoms with Crippen molar-refractivity contribution < 1.29 is 9.53 Å². The van der Waals surface area contributed by atoms with E-state index in [2.05, 4.69) is 10.3 Å². The minimum atomic E-state index is -0.309. The zero-order valence-corrected chi connectivity index (χ0v) is 12.8. The van der Waals surface area contributed by atoms with Crippen molar-refractivity contribution in [1.82, 2.24) is 4.98 Å². The molecule has 0 atom stereocenters. The van der Waals surface area contributed by atoms with Crippen molar-refractivity contribution in [3.63, 3.8) is 0 Å². The molecule has 2 rings (SSSR count). The lowest BCUT2D eigenvalue weighted by atomic mass is 10.1. The van der Waals surface area contributed by atoms with E-state index in [1.165, 1.54) is 11.3 Å². The fourth-order valence-electron chi connectivity index (χ4n) is 1.70. The molecule has 1 N–H and O–H groups in total. The molecule has 0 saturated carbocycles. The number of thiazole rings is 1. The maximum atomic E-state index is 11.7. The van der Waals surface area contributed by atoms with E-state index < -0.39 is 0 Å². The summed E-state index contributed by atoms with van der Waals surface area (Å²) in [5, 5.41) is 3.28. The number of carbonyl (C=O) groups excluding carboxylic acids is 1. The Balaban J connectivity index is 2.10. The summed E-state index contributed by atoms with van der Waals surface area (Å²) >= 11 is 7.23. The van der Waals surface area contributed by atoms with Gasteiger partial charge in [-0.05, 0) is 31.5 Å². The molecule has 106 valence electrons. The molecule has 0 amide bonds. The Morgan fingerprint density at radius 3 is 2.95 bits per heavy atom. The van der Waals surface area contributed by atoms with E-state index in [-0.39, 0.29) is 5.97 Å². The first-order valence-corrected chi connectivity index (χ1v) is 7.41. The normalized spacial score (nSPS) is 10.3. The predicted octanol–water partition coefficient (Wildman–Crippen LogP) is 3.89. The van der Waals surface area contributed by atoms with Gasteiger partial charge in [-0.3, -0.25) is 0 Å². The Kier molecular flexibility index (Phi) is 4.98. The van der Waals surface area contributed by atoms with Gasteiger partial charge >= 0.3 is 5.97 Å². The van der Waals surface area contributed by atoms with Crippen LogP contribution < -0.4 is 5.32 Å². The summed E-state index contributed by atoms with van der Waals surface area (Å²) in [6.45, 7) is 4.77. The van der Waals surface area contributed by atoms with E-state index in [0.717, 1.165) is 16.1 Å². The monoisotopic (exact) mass is 310 g/mol. The quantitative estimate of drug-likeness (QED) is 0.851. The van der Waals surface area contributed by atoms with Gasteiger partial charge < -0.3 is 10.1 Å². The lowest BCUT2D eigenvalue weighted by molar-refractivity contribution is 0.0526. The zero-order valence-electron chi connectivity index (χ0n) is 11.3. The van der Waals surface area contributed by atoms with Crippen molar-refractivity contribution in [2.24, 2.45) is 0 Å². The molecule has 0 aliphatic carbocycles. The maximum absolute atomic E-state index is 11.7. The first-order valence-electron chi connectivity index (χ1n) is 6.22. The van der Waals surface area contributed by atoms with Crippen LogP contribution in [0.4, 0.5) is 5.69 Å². The molecule has 1 aromatic carbocycles. The van der Waals surface area contributed by atoms with Crippen molar-refractivity contribution >= 4 is 34.6 Å². The van der Waals surface area contributed by atoms with E-state index in [1.807, 2.05) is 13.0 Å². The molecule has 0 spiro atoms. The molecule has 1 heterocycles. The Hall–Kier alpha value is -1.59. The SMILES string of the molecule is CCOC(=O)c1ccc(C)c(NCc2cnc(Cl)s2)c1. The number of aryl methyl sites for hydroxylation is 1. The average Bonchev–Trinajstić information content (AvgIpc) is 2.84. The van der Waals surface area contributed by atoms with Gasteiger partial charge in [-0.25, -0.2) is 9.78 Å². The number of hydrogen-bond donors (Lipinski definition) is 1. The maximum Gasteiger partial charge on any atom is 0.338 e. The molecule has 1 aromatic heterocycles. The lowest BCUT2D eigenvalue weighted by Gasteiger charge is -2.10. The smallest absolute Gasteiger partial charge is 0.338 e. The van der Waals surface area contributed by atoms with Crippen LogP contribution in [-0.2, 0) is 11.3 Å². The highest BCUT2D eigenvalue weighted by atomic mass is 35.5. The number of esters is 1. The third kappa shape index (κ3) is 3.71. The van der Waals surface area contributed by atoms with Gasteiger partial charge in [0.25, 0.3) is 0 Å². The van der Waals surface area contributed by atoms with Gasteiger partial charge in [0, 0.05) is 16.8 Å². The summed E-state index contributed by atoms with van der Waals surface area (Å²) in [5.41, 5.74) is 2.51. The van der Waals surface area contributed by atoms with Crippen LogP contribution in [0.2, 0.25) is 4.47 Å². The first-order chi connectivity index (χ1) is 9.60. The Labute approximate surface area is 126 Å². The predicted molar refractivity (Wildman–Crippen MR) is 81.6 cm³/mol. The molecule has 0 aliphatic heterocycles. The van der Waals surface area contributed by atoms with Crippen LogP contribution in [0.15, 0.2) is 24.4 Å². The van der Waals surface area contributed by atoms with E-state index in [1.54, 1.807) is 25.3 Å². The van der Waals surface area contributed by atoms with E-state index in [9.17, 15) is 4.79 Å². The number of anilines is 1. The Morgan fingerprint density at radius 2 is 2.30 bits per heavy atom. The number of hydrogen-bond acceptors (Lipinski definition) is 5. The minimum absolute atomic E-state index is 0.309. The van der Waals surface area contributed by atoms with E-state index >= 15 is 0 Å². The molecule has 0 radical (unpaired) electrons. The summed E-state index contributed by atoms with van der Waals surface area (Å²) in [5.74, 6) is -0.309. The highest BCUT2D eigenvalue weighted by molar-refractivity contribution is 7.15. The number of ether oxygens (including phenoxy) is 1. The van der Waals surface area contributed by atoms with Crippen LogP contribution in [0.1, 0.15) is 27.7 Å². The fraction of sp³-hybridized carbons (Fsp3) is 0.286. The third-order valence-corrected chi connectivity index (χ3v) is 3.84. The molecule has 0 aliphatic rings. The molecule has 4 nitrogen and oxygen atoms in total. The van der Waals surface area contributed by atoms with Crippen LogP contribution in [0.3, 0.4) is 0 Å². The summed E-state index contributed by atoms with van der Waals surface area (Å²) in [7, 11) is 0. The molecular formula is C14H15ClN2O2S. The number of rotatable bonds is 5. The molecule has 0 fully saturated rings. The van der Waals surface area contributed by atoms with E-state index in [4.69, 9.17) is 16.3 Å². The number of aromatic nitrogens is 1. The third-order valence-electron chi connectivity index (χ3n) is 2.73. The Bertz CT molecular complexity index is 613. The highest BCUT2D eigenvalue weighted by Crippen LogP contribution is 2.22. The van der Waals surface area contributed by atoms with Crippen molar-refractivity contribution in [3.8, 4) is 0 Å². The van der Waals surface area contributed by atoms with Crippen molar-refractivity contribution in [2.75, 3.05) is 11.9 Å². The van der Waals surface area contributed by atoms with E-state index in [0.29, 0.717) is 23.2 Å². The highest BCUT2D eigenvalue weighted by Gasteiger charge is 2.09. The van der Waals surface area contributed by atoms with Gasteiger partial charge in [-0.1, -0.05) is 17.7 Å². The van der Waals surface area contributed by atoms with Gasteiger partial charge in [-0.2, -0.15) is 0 Å². The topological polar surface area (TPSA) is 51.2 Å². The van der Waals surface area contributed by atoms with Crippen LogP contribution in [-0.4, -0.2) is 17.6 Å². The largest absolute Gasteiger partial charge is 0.462 e. The summed E-state index contributed by atoms with van der Waals surface area (Å²) in [6, 6.07) is 5.46. The molecule has 0 bridgehead atoms. The number of benzene rings is 1. The fourth-order valence-corrected chi connectivity index (χ4v) is 2.62. The number of nitrogens with zero attached hydrogens (tertiary/aromatic N) is 1. The average molecular weight is 311 g/mol. The van der Waals surface area contributed by atoms with Crippen LogP contribution >= 0.6 is 22.9 Å². The van der Waals surface area contributed by atoms with Crippen molar-refractivity contribution in [2.45, 2.75) is 20.4 Å². The first kappa shape index (κ1) is 14.8. The van der Waals surface area contributed by atoms with Crippen LogP contribution in [0.5, 0.6) is 0 Å². The summed E-state index contributed by atoms with van der Waals surface area (Å²) < 4.78 is 5.52. The number of nitrogens with one attached hydrogen (secondary N) is 1. The van der Waals surface area contributed by atoms with Gasteiger partial charge in [-0.15, -0.1) is 11.3 Å². The molecule has 2 aromatic rings. The number of halogens is 1. The zero-order chi connectivity index (χ0) is 14.5. The minimum Gasteiger partial charge on any atom is -0.462 e. The standard InChI is InChI=1S/C14H15ClN2O2S/c1-3-19-13(18)10-5-4-9(2)12(6-10)16-7-11-8-17-14(15)20-11/h4-6,8,16H,3,7H2,1-2H3. The second-order valence-electron chi connectivity index (χ2n) is 4.18. The molecule has 6 heteroatoms. The van der Waals surface area contributed by atoms with Crippen LogP contribution in [0.25, 0.3) is 0 Å². The van der Waals surface area contributed by atoms with Gasteiger partial charge in [0.1, 0.15) is 0 Å². The second kappa shape index (κ2) is 6.72. The van der Waals surface area contributed by atoms with Gasteiger partial charge in [0.05, 0.1) is 18.7 Å². The second-order valence-corrected chi connectivity index (χ2v) is 5.88. The summed E-state index contributed by atoms with van der Waals surface area (Å²) in [6.07, 6.45) is 1.74.